The van der Waals surface area contributed by atoms with E-state index in [0.717, 1.165) is 11.3 Å². The van der Waals surface area contributed by atoms with Gasteiger partial charge in [0.15, 0.2) is 0 Å². The molecule has 1 aromatic heterocycles. The zero-order valence-corrected chi connectivity index (χ0v) is 9.00. The van der Waals surface area contributed by atoms with Crippen LogP contribution < -0.4 is 4.74 Å². The molecule has 0 aliphatic carbocycles. The second-order valence-corrected chi connectivity index (χ2v) is 3.43. The van der Waals surface area contributed by atoms with Crippen LogP contribution in [0.3, 0.4) is 0 Å². The molecule has 0 aliphatic heterocycles. The molecule has 1 N–H and O–H groups in total. The molecule has 2 aromatic rings. The summed E-state index contributed by atoms with van der Waals surface area (Å²) < 4.78 is 5.06. The first-order chi connectivity index (χ1) is 7.81. The minimum Gasteiger partial charge on any atom is -0.497 e. The van der Waals surface area contributed by atoms with E-state index in [1.165, 1.54) is 0 Å². The number of pyridine rings is 1. The molecule has 0 saturated carbocycles. The Morgan fingerprint density at radius 1 is 1.12 bits per heavy atom. The fraction of sp³-hybridized carbons (Fsp3) is 0.154. The molecule has 2 rings (SSSR count). The van der Waals surface area contributed by atoms with Gasteiger partial charge >= 0.3 is 0 Å². The molecule has 1 unspecified atom stereocenters. The minimum absolute atomic E-state index is 0.646. The van der Waals surface area contributed by atoms with Crippen LogP contribution in [0.25, 0.3) is 0 Å². The summed E-state index contributed by atoms with van der Waals surface area (Å²) in [4.78, 5) is 4.12. The van der Waals surface area contributed by atoms with Crippen molar-refractivity contribution in [2.24, 2.45) is 0 Å². The van der Waals surface area contributed by atoms with Gasteiger partial charge in [0.2, 0.25) is 0 Å². The molecule has 1 heterocycles. The van der Waals surface area contributed by atoms with Crippen LogP contribution in [0.5, 0.6) is 5.75 Å². The molecule has 3 heteroatoms. The van der Waals surface area contributed by atoms with Gasteiger partial charge < -0.3 is 9.84 Å². The summed E-state index contributed by atoms with van der Waals surface area (Å²) in [5.74, 6) is 0.775. The van der Waals surface area contributed by atoms with E-state index in [0.29, 0.717) is 5.69 Å². The second-order valence-electron chi connectivity index (χ2n) is 3.43. The van der Waals surface area contributed by atoms with Crippen molar-refractivity contribution in [1.29, 1.82) is 0 Å². The van der Waals surface area contributed by atoms with Gasteiger partial charge in [-0.15, -0.1) is 0 Å². The van der Waals surface area contributed by atoms with Gasteiger partial charge in [-0.1, -0.05) is 18.2 Å². The van der Waals surface area contributed by atoms with Crippen molar-refractivity contribution in [3.05, 3.63) is 59.9 Å². The molecule has 3 nitrogen and oxygen atoms in total. The zero-order chi connectivity index (χ0) is 11.4. The lowest BCUT2D eigenvalue weighted by Gasteiger charge is -2.10. The molecule has 16 heavy (non-hydrogen) atoms. The maximum atomic E-state index is 10.1. The molecule has 82 valence electrons. The molecule has 0 fully saturated rings. The highest BCUT2D eigenvalue weighted by molar-refractivity contribution is 5.31. The van der Waals surface area contributed by atoms with Crippen LogP contribution >= 0.6 is 0 Å². The van der Waals surface area contributed by atoms with Crippen LogP contribution in [0.2, 0.25) is 0 Å². The van der Waals surface area contributed by atoms with E-state index in [4.69, 9.17) is 4.74 Å². The molecule has 0 amide bonds. The van der Waals surface area contributed by atoms with Gasteiger partial charge in [-0.05, 0) is 29.8 Å². The first-order valence-electron chi connectivity index (χ1n) is 5.04. The molecule has 0 aliphatic rings. The summed E-state index contributed by atoms with van der Waals surface area (Å²) >= 11 is 0. The van der Waals surface area contributed by atoms with E-state index in [2.05, 4.69) is 4.98 Å². The highest BCUT2D eigenvalue weighted by atomic mass is 16.5. The normalized spacial score (nSPS) is 12.1. The summed E-state index contributed by atoms with van der Waals surface area (Å²) in [5.41, 5.74) is 1.45. The number of hydrogen-bond donors (Lipinski definition) is 1. The van der Waals surface area contributed by atoms with Crippen LogP contribution in [0.4, 0.5) is 0 Å². The van der Waals surface area contributed by atoms with Crippen LogP contribution in [-0.4, -0.2) is 17.2 Å². The molecule has 0 radical (unpaired) electrons. The van der Waals surface area contributed by atoms with Gasteiger partial charge in [0.25, 0.3) is 0 Å². The van der Waals surface area contributed by atoms with E-state index in [1.807, 2.05) is 36.4 Å². The Balaban J connectivity index is 2.24. The molecular weight excluding hydrogens is 202 g/mol. The smallest absolute Gasteiger partial charge is 0.121 e. The van der Waals surface area contributed by atoms with Crippen LogP contribution in [0, 0.1) is 0 Å². The van der Waals surface area contributed by atoms with Gasteiger partial charge in [-0.25, -0.2) is 0 Å². The summed E-state index contributed by atoms with van der Waals surface area (Å²) in [6.45, 7) is 0. The van der Waals surface area contributed by atoms with Crippen LogP contribution in [0.1, 0.15) is 17.4 Å². The fourth-order valence-corrected chi connectivity index (χ4v) is 1.49. The van der Waals surface area contributed by atoms with Crippen LogP contribution in [0.15, 0.2) is 48.7 Å². The average Bonchev–Trinajstić information content (AvgIpc) is 2.39. The Kier molecular flexibility index (Phi) is 3.17. The third-order valence-electron chi connectivity index (χ3n) is 2.40. The van der Waals surface area contributed by atoms with Gasteiger partial charge in [-0.3, -0.25) is 4.98 Å². The van der Waals surface area contributed by atoms with E-state index in [9.17, 15) is 5.11 Å². The summed E-state index contributed by atoms with van der Waals surface area (Å²) in [7, 11) is 1.62. The maximum Gasteiger partial charge on any atom is 0.121 e. The monoisotopic (exact) mass is 215 g/mol. The van der Waals surface area contributed by atoms with Crippen molar-refractivity contribution in [3.8, 4) is 5.75 Å². The molecular formula is C13H13NO2. The quantitative estimate of drug-likeness (QED) is 0.853. The lowest BCUT2D eigenvalue weighted by Crippen LogP contribution is -2.01. The molecule has 0 saturated heterocycles. The Morgan fingerprint density at radius 3 is 2.44 bits per heavy atom. The average molecular weight is 215 g/mol. The predicted octanol–water partition coefficient (Wildman–Crippen LogP) is 2.17. The van der Waals surface area contributed by atoms with Crippen molar-refractivity contribution >= 4 is 0 Å². The summed E-state index contributed by atoms with van der Waals surface area (Å²) in [6, 6.07) is 12.8. The fourth-order valence-electron chi connectivity index (χ4n) is 1.49. The number of benzene rings is 1. The SMILES string of the molecule is COc1ccc(C(O)c2ccccn2)cc1. The number of rotatable bonds is 3. The largest absolute Gasteiger partial charge is 0.497 e. The van der Waals surface area contributed by atoms with Gasteiger partial charge in [0.1, 0.15) is 11.9 Å². The summed E-state index contributed by atoms with van der Waals surface area (Å²) in [5, 5.41) is 10.1. The lowest BCUT2D eigenvalue weighted by atomic mass is 10.1. The Labute approximate surface area is 94.3 Å². The van der Waals surface area contributed by atoms with E-state index >= 15 is 0 Å². The lowest BCUT2D eigenvalue weighted by molar-refractivity contribution is 0.215. The molecule has 0 spiro atoms. The molecule has 1 aromatic carbocycles. The van der Waals surface area contributed by atoms with Gasteiger partial charge in [-0.2, -0.15) is 0 Å². The number of nitrogens with zero attached hydrogens (tertiary/aromatic N) is 1. The number of aromatic nitrogens is 1. The Morgan fingerprint density at radius 2 is 1.88 bits per heavy atom. The predicted molar refractivity (Wildman–Crippen MR) is 61.3 cm³/mol. The van der Waals surface area contributed by atoms with Gasteiger partial charge in [0, 0.05) is 6.20 Å². The third-order valence-corrected chi connectivity index (χ3v) is 2.40. The highest BCUT2D eigenvalue weighted by Crippen LogP contribution is 2.21. The second kappa shape index (κ2) is 4.77. The van der Waals surface area contributed by atoms with Crippen LogP contribution in [-0.2, 0) is 0 Å². The van der Waals surface area contributed by atoms with Crippen molar-refractivity contribution in [2.45, 2.75) is 6.10 Å². The number of aliphatic hydroxyl groups is 1. The third kappa shape index (κ3) is 2.20. The van der Waals surface area contributed by atoms with Crippen molar-refractivity contribution in [2.75, 3.05) is 7.11 Å². The van der Waals surface area contributed by atoms with Gasteiger partial charge in [0.05, 0.1) is 12.8 Å². The standard InChI is InChI=1S/C13H13NO2/c1-16-11-7-5-10(6-8-11)13(15)12-4-2-3-9-14-12/h2-9,13,15H,1H3. The number of ether oxygens (including phenoxy) is 1. The maximum absolute atomic E-state index is 10.1. The number of aliphatic hydroxyl groups excluding tert-OH is 1. The van der Waals surface area contributed by atoms with Crippen molar-refractivity contribution < 1.29 is 9.84 Å². The number of methoxy groups -OCH3 is 1. The highest BCUT2D eigenvalue weighted by Gasteiger charge is 2.10. The first-order valence-corrected chi connectivity index (χ1v) is 5.04. The first kappa shape index (κ1) is 10.6. The Bertz CT molecular complexity index is 439. The zero-order valence-electron chi connectivity index (χ0n) is 9.00. The van der Waals surface area contributed by atoms with Crippen molar-refractivity contribution in [3.63, 3.8) is 0 Å². The summed E-state index contributed by atoms with van der Waals surface area (Å²) in [6.07, 6.45) is 0.981. The van der Waals surface area contributed by atoms with E-state index in [1.54, 1.807) is 19.4 Å². The topological polar surface area (TPSA) is 42.4 Å². The Hall–Kier alpha value is -1.87. The van der Waals surface area contributed by atoms with E-state index < -0.39 is 6.10 Å². The number of hydrogen-bond acceptors (Lipinski definition) is 3. The van der Waals surface area contributed by atoms with Crippen molar-refractivity contribution in [1.82, 2.24) is 4.98 Å². The molecule has 1 atom stereocenters. The molecule has 0 bridgehead atoms. The minimum atomic E-state index is -0.688. The van der Waals surface area contributed by atoms with E-state index in [-0.39, 0.29) is 0 Å².